The first-order valence-electron chi connectivity index (χ1n) is 9.00. The van der Waals surface area contributed by atoms with Gasteiger partial charge < -0.3 is 16.0 Å². The van der Waals surface area contributed by atoms with E-state index >= 15 is 0 Å². The Morgan fingerprint density at radius 1 is 1.21 bits per heavy atom. The normalized spacial score (nSPS) is 18.7. The molecular formula is C19H21FN4O3S2. The summed E-state index contributed by atoms with van der Waals surface area (Å²) in [5.74, 6) is -1.21. The lowest BCUT2D eigenvalue weighted by Crippen LogP contribution is -2.56. The van der Waals surface area contributed by atoms with Gasteiger partial charge in [-0.15, -0.1) is 23.1 Å². The first kappa shape index (κ1) is 21.3. The van der Waals surface area contributed by atoms with E-state index in [4.69, 9.17) is 0 Å². The number of carbonyl (C=O) groups is 3. The number of thioether (sulfide) groups is 1. The summed E-state index contributed by atoms with van der Waals surface area (Å²) in [5.41, 5.74) is -0.392. The largest absolute Gasteiger partial charge is 0.351 e. The van der Waals surface area contributed by atoms with Crippen LogP contribution in [0.5, 0.6) is 0 Å². The topological polar surface area (TPSA) is 99.3 Å². The Bertz CT molecular complexity index is 863. The molecule has 1 saturated heterocycles. The van der Waals surface area contributed by atoms with Gasteiger partial charge in [0, 0.05) is 23.8 Å². The highest BCUT2D eigenvalue weighted by Gasteiger charge is 2.28. The number of thiophene rings is 1. The molecule has 7 nitrogen and oxygen atoms in total. The lowest BCUT2D eigenvalue weighted by molar-refractivity contribution is -0.125. The molecule has 0 radical (unpaired) electrons. The Balaban J connectivity index is 1.43. The highest BCUT2D eigenvalue weighted by atomic mass is 32.2. The SMILES string of the molecule is O=C(CC1CC(=O)NC(SCC(=O)Nc2ccccc2F)N1)NCc1cccs1. The van der Waals surface area contributed by atoms with Crippen molar-refractivity contribution in [3.8, 4) is 0 Å². The van der Waals surface area contributed by atoms with Crippen LogP contribution in [0.15, 0.2) is 41.8 Å². The Hall–Kier alpha value is -2.43. The van der Waals surface area contributed by atoms with Crippen molar-refractivity contribution >= 4 is 46.5 Å². The molecule has 1 aromatic heterocycles. The summed E-state index contributed by atoms with van der Waals surface area (Å²) in [6.45, 7) is 0.462. The monoisotopic (exact) mass is 436 g/mol. The molecule has 154 valence electrons. The first-order valence-corrected chi connectivity index (χ1v) is 10.9. The molecule has 0 aliphatic carbocycles. The van der Waals surface area contributed by atoms with Crippen LogP contribution < -0.4 is 21.3 Å². The highest BCUT2D eigenvalue weighted by molar-refractivity contribution is 8.00. The van der Waals surface area contributed by atoms with E-state index in [2.05, 4.69) is 21.3 Å². The Labute approximate surface area is 175 Å². The van der Waals surface area contributed by atoms with Crippen LogP contribution >= 0.6 is 23.1 Å². The van der Waals surface area contributed by atoms with E-state index in [9.17, 15) is 18.8 Å². The average Bonchev–Trinajstić information content (AvgIpc) is 3.20. The number of hydrogen-bond donors (Lipinski definition) is 4. The van der Waals surface area contributed by atoms with Crippen LogP contribution in [0.1, 0.15) is 17.7 Å². The molecule has 2 aromatic rings. The summed E-state index contributed by atoms with van der Waals surface area (Å²) in [4.78, 5) is 37.2. The number of carbonyl (C=O) groups excluding carboxylic acids is 3. The van der Waals surface area contributed by atoms with Gasteiger partial charge in [0.05, 0.1) is 18.0 Å². The van der Waals surface area contributed by atoms with Crippen LogP contribution in [0.25, 0.3) is 0 Å². The molecule has 1 aliphatic heterocycles. The van der Waals surface area contributed by atoms with E-state index in [1.165, 1.54) is 30.0 Å². The van der Waals surface area contributed by atoms with Crippen molar-refractivity contribution < 1.29 is 18.8 Å². The third-order valence-corrected chi connectivity index (χ3v) is 6.00. The van der Waals surface area contributed by atoms with Crippen molar-refractivity contribution in [1.29, 1.82) is 0 Å². The molecule has 0 bridgehead atoms. The van der Waals surface area contributed by atoms with Gasteiger partial charge >= 0.3 is 0 Å². The first-order chi connectivity index (χ1) is 14.0. The van der Waals surface area contributed by atoms with Crippen molar-refractivity contribution in [2.45, 2.75) is 30.9 Å². The van der Waals surface area contributed by atoms with E-state index in [1.54, 1.807) is 17.4 Å². The molecule has 0 spiro atoms. The van der Waals surface area contributed by atoms with E-state index in [0.29, 0.717) is 6.54 Å². The standard InChI is InChI=1S/C19H21FN4O3S2/c20-14-5-1-2-6-15(14)23-18(27)11-29-19-22-12(9-17(26)24-19)8-16(25)21-10-13-4-3-7-28-13/h1-7,12,19,22H,8-11H2,(H,21,25)(H,23,27)(H,24,26). The van der Waals surface area contributed by atoms with E-state index in [1.807, 2.05) is 17.5 Å². The molecule has 1 aromatic carbocycles. The predicted octanol–water partition coefficient (Wildman–Crippen LogP) is 2.03. The minimum atomic E-state index is -0.511. The van der Waals surface area contributed by atoms with Crippen molar-refractivity contribution in [2.75, 3.05) is 11.1 Å². The lowest BCUT2D eigenvalue weighted by atomic mass is 10.1. The third kappa shape index (κ3) is 6.84. The Kier molecular flexibility index (Phi) is 7.62. The van der Waals surface area contributed by atoms with Gasteiger partial charge in [0.2, 0.25) is 17.7 Å². The maximum Gasteiger partial charge on any atom is 0.234 e. The van der Waals surface area contributed by atoms with Gasteiger partial charge in [0.25, 0.3) is 0 Å². The molecule has 0 saturated carbocycles. The molecule has 10 heteroatoms. The molecule has 2 atom stereocenters. The quantitative estimate of drug-likeness (QED) is 0.508. The van der Waals surface area contributed by atoms with Gasteiger partial charge in [-0.2, -0.15) is 0 Å². The smallest absolute Gasteiger partial charge is 0.234 e. The minimum Gasteiger partial charge on any atom is -0.351 e. The second-order valence-corrected chi connectivity index (χ2v) is 8.54. The fourth-order valence-electron chi connectivity index (χ4n) is 2.77. The van der Waals surface area contributed by atoms with Gasteiger partial charge in [-0.1, -0.05) is 18.2 Å². The third-order valence-electron chi connectivity index (χ3n) is 4.11. The van der Waals surface area contributed by atoms with Gasteiger partial charge in [-0.05, 0) is 23.6 Å². The minimum absolute atomic E-state index is 0.0174. The zero-order valence-electron chi connectivity index (χ0n) is 15.4. The number of para-hydroxylation sites is 1. The van der Waals surface area contributed by atoms with Crippen molar-refractivity contribution in [3.63, 3.8) is 0 Å². The summed E-state index contributed by atoms with van der Waals surface area (Å²) >= 11 is 2.73. The van der Waals surface area contributed by atoms with E-state index in [0.717, 1.165) is 4.88 Å². The Morgan fingerprint density at radius 2 is 2.03 bits per heavy atom. The number of halogens is 1. The fourth-order valence-corrected chi connectivity index (χ4v) is 4.31. The number of benzene rings is 1. The molecule has 1 fully saturated rings. The summed E-state index contributed by atoms with van der Waals surface area (Å²) in [7, 11) is 0. The fraction of sp³-hybridized carbons (Fsp3) is 0.316. The number of anilines is 1. The zero-order valence-corrected chi connectivity index (χ0v) is 17.1. The summed E-state index contributed by atoms with van der Waals surface area (Å²) in [5, 5.41) is 13.2. The second-order valence-electron chi connectivity index (χ2n) is 6.41. The maximum atomic E-state index is 13.6. The molecular weight excluding hydrogens is 415 g/mol. The summed E-state index contributed by atoms with van der Waals surface area (Å²) in [6.07, 6.45) is 0.349. The van der Waals surface area contributed by atoms with Gasteiger partial charge in [0.15, 0.2) is 0 Å². The lowest BCUT2D eigenvalue weighted by Gasteiger charge is -2.30. The van der Waals surface area contributed by atoms with Crippen molar-refractivity contribution in [1.82, 2.24) is 16.0 Å². The molecule has 2 heterocycles. The van der Waals surface area contributed by atoms with Crippen LogP contribution in [0, 0.1) is 5.82 Å². The molecule has 2 unspecified atom stereocenters. The van der Waals surface area contributed by atoms with Gasteiger partial charge in [-0.25, -0.2) is 4.39 Å². The zero-order chi connectivity index (χ0) is 20.6. The molecule has 1 aliphatic rings. The average molecular weight is 437 g/mol. The summed E-state index contributed by atoms with van der Waals surface area (Å²) in [6, 6.07) is 9.45. The van der Waals surface area contributed by atoms with Crippen LogP contribution in [0.2, 0.25) is 0 Å². The van der Waals surface area contributed by atoms with E-state index < -0.39 is 11.3 Å². The number of rotatable bonds is 8. The van der Waals surface area contributed by atoms with Crippen LogP contribution in [0.4, 0.5) is 10.1 Å². The summed E-state index contributed by atoms with van der Waals surface area (Å²) < 4.78 is 13.6. The predicted molar refractivity (Wildman–Crippen MR) is 112 cm³/mol. The molecule has 3 rings (SSSR count). The highest BCUT2D eigenvalue weighted by Crippen LogP contribution is 2.16. The maximum absolute atomic E-state index is 13.6. The van der Waals surface area contributed by atoms with Crippen LogP contribution in [-0.4, -0.2) is 35.0 Å². The van der Waals surface area contributed by atoms with Crippen molar-refractivity contribution in [3.05, 3.63) is 52.5 Å². The molecule has 4 N–H and O–H groups in total. The second kappa shape index (κ2) is 10.4. The Morgan fingerprint density at radius 3 is 2.79 bits per heavy atom. The number of amides is 3. The van der Waals surface area contributed by atoms with Gasteiger partial charge in [-0.3, -0.25) is 19.7 Å². The molecule has 29 heavy (non-hydrogen) atoms. The van der Waals surface area contributed by atoms with Crippen LogP contribution in [0.3, 0.4) is 0 Å². The van der Waals surface area contributed by atoms with Crippen LogP contribution in [-0.2, 0) is 20.9 Å². The van der Waals surface area contributed by atoms with E-state index in [-0.39, 0.29) is 48.0 Å². The van der Waals surface area contributed by atoms with Gasteiger partial charge in [0.1, 0.15) is 11.3 Å². The molecule has 3 amide bonds. The number of nitrogens with one attached hydrogen (secondary N) is 4. The van der Waals surface area contributed by atoms with Crippen molar-refractivity contribution in [2.24, 2.45) is 0 Å². The number of hydrogen-bond acceptors (Lipinski definition) is 6.